The number of methoxy groups -OCH3 is 2. The number of carbonyl (C=O) groups excluding carboxylic acids is 2. The molecule has 0 unspecified atom stereocenters. The van der Waals surface area contributed by atoms with Crippen molar-refractivity contribution in [3.8, 4) is 11.5 Å². The zero-order valence-corrected chi connectivity index (χ0v) is 15.6. The molecule has 0 radical (unpaired) electrons. The average Bonchev–Trinajstić information content (AvgIpc) is 2.70. The number of hydrazone groups is 1. The normalized spacial score (nSPS) is 10.9. The largest absolute Gasteiger partial charge is 0.497 e. The standard InChI is InChI=1S/C20H23N3O4/c1-14(11-19(24)21-13-15-7-5-4-6-8-15)22-23-20(25)17-10-9-16(26-2)12-18(17)27-3/h4-10,12H,11,13H2,1-3H3,(H,21,24)(H,23,25)/b22-14+. The number of nitrogens with one attached hydrogen (secondary N) is 2. The summed E-state index contributed by atoms with van der Waals surface area (Å²) >= 11 is 0. The van der Waals surface area contributed by atoms with Crippen LogP contribution in [0.2, 0.25) is 0 Å². The van der Waals surface area contributed by atoms with E-state index in [1.165, 1.54) is 14.2 Å². The molecule has 0 saturated carbocycles. The van der Waals surface area contributed by atoms with Gasteiger partial charge in [0.05, 0.1) is 26.2 Å². The molecule has 7 nitrogen and oxygen atoms in total. The Morgan fingerprint density at radius 3 is 2.44 bits per heavy atom. The molecule has 0 aliphatic heterocycles. The monoisotopic (exact) mass is 369 g/mol. The van der Waals surface area contributed by atoms with Gasteiger partial charge >= 0.3 is 0 Å². The molecule has 2 aromatic carbocycles. The molecular formula is C20H23N3O4. The lowest BCUT2D eigenvalue weighted by molar-refractivity contribution is -0.120. The van der Waals surface area contributed by atoms with Crippen molar-refractivity contribution in [1.82, 2.24) is 10.7 Å². The summed E-state index contributed by atoms with van der Waals surface area (Å²) in [4.78, 5) is 24.3. The molecule has 2 N–H and O–H groups in total. The van der Waals surface area contributed by atoms with Crippen molar-refractivity contribution < 1.29 is 19.1 Å². The number of nitrogens with zero attached hydrogens (tertiary/aromatic N) is 1. The van der Waals surface area contributed by atoms with E-state index in [9.17, 15) is 9.59 Å². The first-order valence-corrected chi connectivity index (χ1v) is 8.39. The molecule has 7 heteroatoms. The highest BCUT2D eigenvalue weighted by molar-refractivity contribution is 6.01. The molecule has 0 spiro atoms. The SMILES string of the molecule is COc1ccc(C(=O)N/N=C(\C)CC(=O)NCc2ccccc2)c(OC)c1. The van der Waals surface area contributed by atoms with Crippen molar-refractivity contribution >= 4 is 17.5 Å². The Labute approximate surface area is 158 Å². The maximum absolute atomic E-state index is 12.3. The van der Waals surface area contributed by atoms with Crippen LogP contribution in [-0.2, 0) is 11.3 Å². The number of benzene rings is 2. The Morgan fingerprint density at radius 1 is 1.04 bits per heavy atom. The maximum atomic E-state index is 12.3. The van der Waals surface area contributed by atoms with Crippen molar-refractivity contribution in [2.45, 2.75) is 19.9 Å². The fourth-order valence-electron chi connectivity index (χ4n) is 2.32. The summed E-state index contributed by atoms with van der Waals surface area (Å²) in [6.45, 7) is 2.12. The van der Waals surface area contributed by atoms with Gasteiger partial charge < -0.3 is 14.8 Å². The molecule has 0 atom stereocenters. The molecule has 0 aliphatic carbocycles. The van der Waals surface area contributed by atoms with E-state index in [2.05, 4.69) is 15.8 Å². The first-order chi connectivity index (χ1) is 13.0. The summed E-state index contributed by atoms with van der Waals surface area (Å²) in [7, 11) is 3.00. The summed E-state index contributed by atoms with van der Waals surface area (Å²) in [5.74, 6) is 0.355. The summed E-state index contributed by atoms with van der Waals surface area (Å²) in [6.07, 6.45) is 0.0901. The molecule has 2 aromatic rings. The third-order valence-electron chi connectivity index (χ3n) is 3.75. The van der Waals surface area contributed by atoms with E-state index in [1.807, 2.05) is 30.3 Å². The van der Waals surface area contributed by atoms with Crippen LogP contribution < -0.4 is 20.2 Å². The molecule has 0 aliphatic rings. The lowest BCUT2D eigenvalue weighted by atomic mass is 10.2. The molecule has 0 aromatic heterocycles. The smallest absolute Gasteiger partial charge is 0.275 e. The lowest BCUT2D eigenvalue weighted by Crippen LogP contribution is -2.26. The number of amides is 2. The highest BCUT2D eigenvalue weighted by Gasteiger charge is 2.13. The van der Waals surface area contributed by atoms with E-state index in [0.29, 0.717) is 29.3 Å². The van der Waals surface area contributed by atoms with E-state index >= 15 is 0 Å². The quantitative estimate of drug-likeness (QED) is 0.553. The molecule has 0 fully saturated rings. The molecule has 2 amide bonds. The Hall–Kier alpha value is -3.35. The number of hydrogen-bond donors (Lipinski definition) is 2. The van der Waals surface area contributed by atoms with E-state index in [4.69, 9.17) is 9.47 Å². The Balaban J connectivity index is 1.89. The second-order valence-corrected chi connectivity index (χ2v) is 5.79. The van der Waals surface area contributed by atoms with Gasteiger partial charge in [0.2, 0.25) is 5.91 Å². The Morgan fingerprint density at radius 2 is 1.78 bits per heavy atom. The average molecular weight is 369 g/mol. The van der Waals surface area contributed by atoms with Gasteiger partial charge in [-0.05, 0) is 24.6 Å². The topological polar surface area (TPSA) is 89.0 Å². The van der Waals surface area contributed by atoms with Crippen LogP contribution in [0.3, 0.4) is 0 Å². The molecule has 0 heterocycles. The third-order valence-corrected chi connectivity index (χ3v) is 3.75. The van der Waals surface area contributed by atoms with E-state index < -0.39 is 5.91 Å². The molecular weight excluding hydrogens is 346 g/mol. The number of carbonyl (C=O) groups is 2. The van der Waals surface area contributed by atoms with Gasteiger partial charge in [0.15, 0.2) is 0 Å². The summed E-state index contributed by atoms with van der Waals surface area (Å²) in [5.41, 5.74) is 4.26. The fourth-order valence-corrected chi connectivity index (χ4v) is 2.32. The van der Waals surface area contributed by atoms with Crippen LogP contribution in [-0.4, -0.2) is 31.7 Å². The van der Waals surface area contributed by atoms with Crippen LogP contribution in [0.1, 0.15) is 29.3 Å². The van der Waals surface area contributed by atoms with Crippen LogP contribution in [0.5, 0.6) is 11.5 Å². The minimum absolute atomic E-state index is 0.0901. The fraction of sp³-hybridized carbons (Fsp3) is 0.250. The Bertz CT molecular complexity index is 819. The van der Waals surface area contributed by atoms with Crippen molar-refractivity contribution in [3.63, 3.8) is 0 Å². The zero-order valence-electron chi connectivity index (χ0n) is 15.6. The minimum Gasteiger partial charge on any atom is -0.497 e. The van der Waals surface area contributed by atoms with Crippen LogP contribution in [0.25, 0.3) is 0 Å². The third kappa shape index (κ3) is 6.14. The van der Waals surface area contributed by atoms with Crippen LogP contribution >= 0.6 is 0 Å². The number of hydrogen-bond acceptors (Lipinski definition) is 5. The summed E-state index contributed by atoms with van der Waals surface area (Å²) in [5, 5.41) is 6.80. The summed E-state index contributed by atoms with van der Waals surface area (Å²) < 4.78 is 10.3. The lowest BCUT2D eigenvalue weighted by Gasteiger charge is -2.09. The highest BCUT2D eigenvalue weighted by atomic mass is 16.5. The van der Waals surface area contributed by atoms with Gasteiger partial charge in [-0.2, -0.15) is 5.10 Å². The van der Waals surface area contributed by atoms with Gasteiger partial charge in [0.1, 0.15) is 11.5 Å². The van der Waals surface area contributed by atoms with Crippen molar-refractivity contribution in [2.24, 2.45) is 5.10 Å². The van der Waals surface area contributed by atoms with Gasteiger partial charge in [-0.1, -0.05) is 30.3 Å². The highest BCUT2D eigenvalue weighted by Crippen LogP contribution is 2.24. The summed E-state index contributed by atoms with van der Waals surface area (Å²) in [6, 6.07) is 14.5. The molecule has 0 bridgehead atoms. The number of ether oxygens (including phenoxy) is 2. The zero-order chi connectivity index (χ0) is 19.6. The first kappa shape index (κ1) is 20.0. The second kappa shape index (κ2) is 9.96. The van der Waals surface area contributed by atoms with E-state index in [-0.39, 0.29) is 12.3 Å². The minimum atomic E-state index is -0.432. The molecule has 2 rings (SSSR count). The molecule has 142 valence electrons. The van der Waals surface area contributed by atoms with Crippen molar-refractivity contribution in [1.29, 1.82) is 0 Å². The maximum Gasteiger partial charge on any atom is 0.275 e. The van der Waals surface area contributed by atoms with Crippen LogP contribution in [0, 0.1) is 0 Å². The van der Waals surface area contributed by atoms with Crippen LogP contribution in [0.4, 0.5) is 0 Å². The first-order valence-electron chi connectivity index (χ1n) is 8.39. The van der Waals surface area contributed by atoms with Gasteiger partial charge in [0.25, 0.3) is 5.91 Å². The van der Waals surface area contributed by atoms with Crippen LogP contribution in [0.15, 0.2) is 53.6 Å². The molecule has 27 heavy (non-hydrogen) atoms. The van der Waals surface area contributed by atoms with Gasteiger partial charge in [-0.3, -0.25) is 9.59 Å². The van der Waals surface area contributed by atoms with Crippen molar-refractivity contribution in [2.75, 3.05) is 14.2 Å². The predicted octanol–water partition coefficient (Wildman–Crippen LogP) is 2.52. The predicted molar refractivity (Wildman–Crippen MR) is 103 cm³/mol. The second-order valence-electron chi connectivity index (χ2n) is 5.79. The Kier molecular flexibility index (Phi) is 7.37. The van der Waals surface area contributed by atoms with Crippen molar-refractivity contribution in [3.05, 3.63) is 59.7 Å². The van der Waals surface area contributed by atoms with E-state index in [1.54, 1.807) is 25.1 Å². The number of rotatable bonds is 8. The molecule has 0 saturated heterocycles. The van der Waals surface area contributed by atoms with Gasteiger partial charge in [0, 0.05) is 18.3 Å². The van der Waals surface area contributed by atoms with Gasteiger partial charge in [-0.25, -0.2) is 5.43 Å². The van der Waals surface area contributed by atoms with Gasteiger partial charge in [-0.15, -0.1) is 0 Å². The van der Waals surface area contributed by atoms with E-state index in [0.717, 1.165) is 5.56 Å².